The van der Waals surface area contributed by atoms with E-state index in [1.165, 1.54) is 0 Å². The van der Waals surface area contributed by atoms with Crippen LogP contribution in [0.25, 0.3) is 0 Å². The minimum absolute atomic E-state index is 0.0641. The Kier molecular flexibility index (Phi) is 3.71. The predicted molar refractivity (Wildman–Crippen MR) is 65.5 cm³/mol. The van der Waals surface area contributed by atoms with Crippen molar-refractivity contribution in [1.29, 1.82) is 0 Å². The van der Waals surface area contributed by atoms with Crippen LogP contribution in [0.3, 0.4) is 0 Å². The summed E-state index contributed by atoms with van der Waals surface area (Å²) in [5.41, 5.74) is 0.811. The number of nitrogens with zero attached hydrogens (tertiary/aromatic N) is 2. The molecule has 0 atom stereocenters. The lowest BCUT2D eigenvalue weighted by Crippen LogP contribution is -2.06. The maximum atomic E-state index is 10.9. The largest absolute Gasteiger partial charge is 0.478 e. The third-order valence-electron chi connectivity index (χ3n) is 1.93. The number of aromatic nitrogens is 3. The molecule has 6 nitrogen and oxygen atoms in total. The van der Waals surface area contributed by atoms with Crippen molar-refractivity contribution in [3.05, 3.63) is 33.0 Å². The Morgan fingerprint density at radius 3 is 3.18 bits per heavy atom. The fraction of sp³-hybridized carbons (Fsp3) is 0.300. The molecule has 0 unspecified atom stereocenters. The Balaban J connectivity index is 1.98. The first kappa shape index (κ1) is 11.6. The Morgan fingerprint density at radius 1 is 1.59 bits per heavy atom. The molecule has 2 heterocycles. The smallest absolute Gasteiger partial charge is 0.304 e. The summed E-state index contributed by atoms with van der Waals surface area (Å²) in [6.07, 6.45) is 1.62. The zero-order chi connectivity index (χ0) is 12.1. The van der Waals surface area contributed by atoms with Crippen molar-refractivity contribution in [1.82, 2.24) is 15.0 Å². The number of thiazole rings is 1. The lowest BCUT2D eigenvalue weighted by atomic mass is 10.5. The van der Waals surface area contributed by atoms with E-state index in [9.17, 15) is 4.79 Å². The van der Waals surface area contributed by atoms with E-state index in [0.29, 0.717) is 25.0 Å². The third kappa shape index (κ3) is 3.28. The number of nitrogens with one attached hydrogen (secondary N) is 2. The molecular formula is C10H12N4O2S. The van der Waals surface area contributed by atoms with Crippen molar-refractivity contribution in [3.8, 4) is 5.88 Å². The van der Waals surface area contributed by atoms with Gasteiger partial charge < -0.3 is 15.0 Å². The van der Waals surface area contributed by atoms with Gasteiger partial charge in [0.05, 0.1) is 13.2 Å². The number of rotatable bonds is 5. The number of anilines is 1. The van der Waals surface area contributed by atoms with Gasteiger partial charge in [-0.25, -0.2) is 4.98 Å². The third-order valence-corrected chi connectivity index (χ3v) is 2.65. The maximum absolute atomic E-state index is 10.9. The number of ether oxygens (including phenoxy) is 1. The highest BCUT2D eigenvalue weighted by Crippen LogP contribution is 2.09. The number of hydrogen-bond acceptors (Lipinski definition) is 6. The monoisotopic (exact) mass is 252 g/mol. The zero-order valence-corrected chi connectivity index (χ0v) is 10.1. The molecule has 2 aromatic heterocycles. The van der Waals surface area contributed by atoms with E-state index in [4.69, 9.17) is 4.74 Å². The van der Waals surface area contributed by atoms with Crippen LogP contribution >= 0.6 is 11.3 Å². The van der Waals surface area contributed by atoms with E-state index in [1.807, 2.05) is 6.92 Å². The molecule has 0 aliphatic rings. The Hall–Kier alpha value is -1.89. The van der Waals surface area contributed by atoms with Crippen LogP contribution in [0, 0.1) is 0 Å². The molecule has 0 radical (unpaired) electrons. The van der Waals surface area contributed by atoms with Gasteiger partial charge in [-0.05, 0) is 6.92 Å². The highest BCUT2D eigenvalue weighted by molar-refractivity contribution is 7.07. The van der Waals surface area contributed by atoms with E-state index in [-0.39, 0.29) is 4.87 Å². The van der Waals surface area contributed by atoms with Gasteiger partial charge in [-0.2, -0.15) is 4.98 Å². The zero-order valence-electron chi connectivity index (χ0n) is 9.27. The summed E-state index contributed by atoms with van der Waals surface area (Å²) >= 11 is 1.13. The Bertz CT molecular complexity index is 537. The van der Waals surface area contributed by atoms with Crippen LogP contribution in [0.4, 0.5) is 5.95 Å². The van der Waals surface area contributed by atoms with Crippen molar-refractivity contribution < 1.29 is 4.74 Å². The van der Waals surface area contributed by atoms with Gasteiger partial charge in [0.2, 0.25) is 11.8 Å². The minimum Gasteiger partial charge on any atom is -0.478 e. The number of H-pyrrole nitrogens is 1. The molecule has 0 aliphatic carbocycles. The minimum atomic E-state index is -0.0641. The maximum Gasteiger partial charge on any atom is 0.304 e. The topological polar surface area (TPSA) is 79.9 Å². The second kappa shape index (κ2) is 5.44. The average Bonchev–Trinajstić information content (AvgIpc) is 2.74. The van der Waals surface area contributed by atoms with Crippen molar-refractivity contribution >= 4 is 17.3 Å². The molecule has 2 N–H and O–H groups in total. The lowest BCUT2D eigenvalue weighted by Gasteiger charge is -2.05. The van der Waals surface area contributed by atoms with Gasteiger partial charge in [-0.15, -0.1) is 0 Å². The standard InChI is InChI=1S/C10H12N4O2S/c1-2-16-8-3-4-11-9(14-8)12-5-7-6-17-10(15)13-7/h3-4,6H,2,5H2,1H3,(H,13,15)(H,11,12,14). The molecule has 0 amide bonds. The van der Waals surface area contributed by atoms with E-state index < -0.39 is 0 Å². The van der Waals surface area contributed by atoms with Crippen molar-refractivity contribution in [2.75, 3.05) is 11.9 Å². The number of hydrogen-bond donors (Lipinski definition) is 2. The molecule has 0 aliphatic heterocycles. The first-order chi connectivity index (χ1) is 8.28. The van der Waals surface area contributed by atoms with E-state index >= 15 is 0 Å². The second-order valence-electron chi connectivity index (χ2n) is 3.18. The summed E-state index contributed by atoms with van der Waals surface area (Å²) in [5.74, 6) is 1.01. The predicted octanol–water partition coefficient (Wildman–Crippen LogP) is 1.24. The first-order valence-corrected chi connectivity index (χ1v) is 6.02. The Labute approximate surface area is 102 Å². The second-order valence-corrected chi connectivity index (χ2v) is 4.02. The Morgan fingerprint density at radius 2 is 2.47 bits per heavy atom. The van der Waals surface area contributed by atoms with Crippen LogP contribution in [-0.4, -0.2) is 21.6 Å². The molecule has 0 bridgehead atoms. The van der Waals surface area contributed by atoms with E-state index in [0.717, 1.165) is 17.0 Å². The van der Waals surface area contributed by atoms with Crippen LogP contribution in [-0.2, 0) is 6.54 Å². The van der Waals surface area contributed by atoms with E-state index in [2.05, 4.69) is 20.3 Å². The molecule has 0 fully saturated rings. The normalized spacial score (nSPS) is 10.2. The van der Waals surface area contributed by atoms with Gasteiger partial charge in [-0.3, -0.25) is 4.79 Å². The molecule has 2 aromatic rings. The molecule has 2 rings (SSSR count). The van der Waals surface area contributed by atoms with Crippen LogP contribution < -0.4 is 14.9 Å². The molecule has 0 spiro atoms. The van der Waals surface area contributed by atoms with Gasteiger partial charge >= 0.3 is 4.87 Å². The molecule has 0 saturated heterocycles. The van der Waals surface area contributed by atoms with Gasteiger partial charge in [0.1, 0.15) is 0 Å². The van der Waals surface area contributed by atoms with Gasteiger partial charge in [-0.1, -0.05) is 11.3 Å². The molecule has 0 aromatic carbocycles. The van der Waals surface area contributed by atoms with Crippen molar-refractivity contribution in [2.24, 2.45) is 0 Å². The van der Waals surface area contributed by atoms with Crippen molar-refractivity contribution in [2.45, 2.75) is 13.5 Å². The molecule has 90 valence electrons. The fourth-order valence-electron chi connectivity index (χ4n) is 1.23. The summed E-state index contributed by atoms with van der Waals surface area (Å²) in [5, 5.41) is 4.77. The fourth-order valence-corrected chi connectivity index (χ4v) is 1.81. The van der Waals surface area contributed by atoms with Crippen LogP contribution in [0.1, 0.15) is 12.6 Å². The lowest BCUT2D eigenvalue weighted by molar-refractivity contribution is 0.326. The van der Waals surface area contributed by atoms with Crippen LogP contribution in [0.2, 0.25) is 0 Å². The highest BCUT2D eigenvalue weighted by Gasteiger charge is 2.01. The summed E-state index contributed by atoms with van der Waals surface area (Å²) in [7, 11) is 0. The molecular weight excluding hydrogens is 240 g/mol. The number of aromatic amines is 1. The molecule has 0 saturated carbocycles. The summed E-state index contributed by atoms with van der Waals surface area (Å²) in [6.45, 7) is 2.94. The summed E-state index contributed by atoms with van der Waals surface area (Å²) in [6, 6.07) is 1.70. The molecule has 17 heavy (non-hydrogen) atoms. The summed E-state index contributed by atoms with van der Waals surface area (Å²) < 4.78 is 5.26. The SMILES string of the molecule is CCOc1ccnc(NCc2csc(=O)[nH]2)n1. The van der Waals surface area contributed by atoms with Crippen molar-refractivity contribution in [3.63, 3.8) is 0 Å². The van der Waals surface area contributed by atoms with Gasteiger partial charge in [0.25, 0.3) is 0 Å². The quantitative estimate of drug-likeness (QED) is 0.836. The van der Waals surface area contributed by atoms with Crippen LogP contribution in [0.15, 0.2) is 22.4 Å². The van der Waals surface area contributed by atoms with Gasteiger partial charge in [0, 0.05) is 23.3 Å². The molecule has 7 heteroatoms. The van der Waals surface area contributed by atoms with E-state index in [1.54, 1.807) is 17.6 Å². The van der Waals surface area contributed by atoms with Gasteiger partial charge in [0.15, 0.2) is 0 Å². The first-order valence-electron chi connectivity index (χ1n) is 5.14. The average molecular weight is 252 g/mol. The summed E-state index contributed by atoms with van der Waals surface area (Å²) in [4.78, 5) is 21.8. The van der Waals surface area contributed by atoms with Crippen LogP contribution in [0.5, 0.6) is 5.88 Å². The highest BCUT2D eigenvalue weighted by atomic mass is 32.1.